The molecule has 8 nitrogen and oxygen atoms in total. The summed E-state index contributed by atoms with van der Waals surface area (Å²) in [5.41, 5.74) is 1.77. The van der Waals surface area contributed by atoms with E-state index in [4.69, 9.17) is 0 Å². The molecule has 0 bridgehead atoms. The average molecular weight is 314 g/mol. The number of fused-ring (bicyclic) bond motifs is 1. The second-order valence-corrected chi connectivity index (χ2v) is 5.06. The molecule has 0 fully saturated rings. The molecule has 2 aromatic carbocycles. The molecule has 1 atom stereocenters. The van der Waals surface area contributed by atoms with Gasteiger partial charge in [-0.2, -0.15) is 0 Å². The minimum Gasteiger partial charge on any atom is -0.394 e. The zero-order chi connectivity index (χ0) is 16.2. The summed E-state index contributed by atoms with van der Waals surface area (Å²) in [7, 11) is 0. The molecule has 3 aromatic rings. The number of non-ortho nitro benzene ring substituents is 1. The Morgan fingerprint density at radius 3 is 2.61 bits per heavy atom. The van der Waals surface area contributed by atoms with Crippen LogP contribution in [0.2, 0.25) is 0 Å². The molecule has 1 heterocycles. The molecule has 0 aliphatic rings. The molecule has 23 heavy (non-hydrogen) atoms. The first kappa shape index (κ1) is 14.9. The number of aliphatic hydroxyl groups excluding tert-OH is 1. The third kappa shape index (κ3) is 3.11. The van der Waals surface area contributed by atoms with Crippen molar-refractivity contribution in [2.24, 2.45) is 0 Å². The molecule has 0 aliphatic heterocycles. The molecule has 0 aliphatic carbocycles. The van der Waals surface area contributed by atoms with Gasteiger partial charge < -0.3 is 10.4 Å². The van der Waals surface area contributed by atoms with Crippen LogP contribution in [0.5, 0.6) is 0 Å². The second kappa shape index (κ2) is 6.41. The first-order valence-corrected chi connectivity index (χ1v) is 7.00. The molecule has 0 saturated carbocycles. The number of nitrogens with zero attached hydrogens (tertiary/aromatic N) is 3. The number of nitro benzene ring substituents is 1. The summed E-state index contributed by atoms with van der Waals surface area (Å²) in [6, 6.07) is 12.3. The lowest BCUT2D eigenvalue weighted by Crippen LogP contribution is -2.26. The summed E-state index contributed by atoms with van der Waals surface area (Å²) in [5.74, 6) is 0. The van der Waals surface area contributed by atoms with E-state index in [1.165, 1.54) is 6.07 Å². The van der Waals surface area contributed by atoms with Gasteiger partial charge in [0.15, 0.2) is 5.52 Å². The topological polar surface area (TPSA) is 114 Å². The molecule has 0 radical (unpaired) electrons. The van der Waals surface area contributed by atoms with Crippen LogP contribution in [0.15, 0.2) is 47.1 Å². The van der Waals surface area contributed by atoms with E-state index >= 15 is 0 Å². The molecule has 0 unspecified atom stereocenters. The Kier molecular flexibility index (Phi) is 4.15. The number of nitrogens with one attached hydrogen (secondary N) is 1. The molecule has 8 heteroatoms. The number of nitro groups is 1. The van der Waals surface area contributed by atoms with Crippen molar-refractivity contribution in [3.63, 3.8) is 0 Å². The molecular formula is C15H14N4O4. The Balaban J connectivity index is 1.87. The van der Waals surface area contributed by atoms with Gasteiger partial charge >= 0.3 is 5.69 Å². The molecule has 0 spiro atoms. The van der Waals surface area contributed by atoms with E-state index in [0.717, 1.165) is 5.56 Å². The van der Waals surface area contributed by atoms with E-state index in [-0.39, 0.29) is 29.4 Å². The number of hydrogen-bond acceptors (Lipinski definition) is 7. The molecule has 1 aromatic heterocycles. The van der Waals surface area contributed by atoms with Crippen molar-refractivity contribution in [1.29, 1.82) is 0 Å². The molecule has 118 valence electrons. The van der Waals surface area contributed by atoms with E-state index in [1.54, 1.807) is 6.07 Å². The number of hydrogen-bond donors (Lipinski definition) is 2. The zero-order valence-corrected chi connectivity index (χ0v) is 12.0. The third-order valence-corrected chi connectivity index (χ3v) is 3.50. The minimum atomic E-state index is -0.538. The largest absolute Gasteiger partial charge is 0.394 e. The van der Waals surface area contributed by atoms with Gasteiger partial charge in [-0.1, -0.05) is 30.3 Å². The van der Waals surface area contributed by atoms with Gasteiger partial charge in [-0.15, -0.1) is 0 Å². The summed E-state index contributed by atoms with van der Waals surface area (Å²) in [6.07, 6.45) is 0.598. The lowest BCUT2D eigenvalue weighted by Gasteiger charge is -2.17. The van der Waals surface area contributed by atoms with Crippen molar-refractivity contribution in [3.05, 3.63) is 58.1 Å². The van der Waals surface area contributed by atoms with E-state index in [9.17, 15) is 15.2 Å². The van der Waals surface area contributed by atoms with Gasteiger partial charge in [0.25, 0.3) is 0 Å². The smallest absolute Gasteiger partial charge is 0.300 e. The highest BCUT2D eigenvalue weighted by Crippen LogP contribution is 2.29. The fourth-order valence-corrected chi connectivity index (χ4v) is 2.40. The number of aliphatic hydroxyl groups is 1. The highest BCUT2D eigenvalue weighted by molar-refractivity contribution is 5.93. The van der Waals surface area contributed by atoms with E-state index < -0.39 is 4.92 Å². The summed E-state index contributed by atoms with van der Waals surface area (Å²) < 4.78 is 4.62. The van der Waals surface area contributed by atoms with Gasteiger partial charge in [0.05, 0.1) is 23.3 Å². The Labute approximate surface area is 130 Å². The maximum atomic E-state index is 11.0. The van der Waals surface area contributed by atoms with Gasteiger partial charge in [-0.25, -0.2) is 4.63 Å². The molecule has 0 amide bonds. The third-order valence-electron chi connectivity index (χ3n) is 3.50. The Morgan fingerprint density at radius 1 is 1.17 bits per heavy atom. The number of rotatable bonds is 6. The highest BCUT2D eigenvalue weighted by Gasteiger charge is 2.21. The summed E-state index contributed by atoms with van der Waals surface area (Å²) >= 11 is 0. The lowest BCUT2D eigenvalue weighted by molar-refractivity contribution is -0.383. The average Bonchev–Trinajstić information content (AvgIpc) is 3.05. The predicted octanol–water partition coefficient (Wildman–Crippen LogP) is 2.15. The van der Waals surface area contributed by atoms with Crippen LogP contribution >= 0.6 is 0 Å². The fraction of sp³-hybridized carbons (Fsp3) is 0.200. The van der Waals surface area contributed by atoms with Crippen molar-refractivity contribution >= 4 is 22.4 Å². The summed E-state index contributed by atoms with van der Waals surface area (Å²) in [4.78, 5) is 10.4. The fourth-order valence-electron chi connectivity index (χ4n) is 2.40. The van der Waals surface area contributed by atoms with Gasteiger partial charge in [0, 0.05) is 6.07 Å². The number of benzene rings is 2. The predicted molar refractivity (Wildman–Crippen MR) is 83.1 cm³/mol. The zero-order valence-electron chi connectivity index (χ0n) is 12.0. The Bertz CT molecular complexity index is 819. The molecule has 0 saturated heterocycles. The van der Waals surface area contributed by atoms with Crippen molar-refractivity contribution in [1.82, 2.24) is 10.3 Å². The Morgan fingerprint density at radius 2 is 1.91 bits per heavy atom. The van der Waals surface area contributed by atoms with Crippen LogP contribution in [-0.2, 0) is 6.42 Å². The normalized spacial score (nSPS) is 12.2. The van der Waals surface area contributed by atoms with Crippen LogP contribution in [0, 0.1) is 10.1 Å². The van der Waals surface area contributed by atoms with Gasteiger partial charge in [-0.3, -0.25) is 10.1 Å². The minimum absolute atomic E-state index is 0.0800. The maximum absolute atomic E-state index is 11.0. The standard InChI is InChI=1S/C15H14N4O4/c20-9-11(8-10-4-2-1-3-5-10)16-12-6-7-13(19(21)22)15-14(12)17-23-18-15/h1-7,11,16,20H,8-9H2/t11-/m0/s1. The van der Waals surface area contributed by atoms with Gasteiger partial charge in [0.2, 0.25) is 5.52 Å². The monoisotopic (exact) mass is 314 g/mol. The van der Waals surface area contributed by atoms with Gasteiger partial charge in [-0.05, 0) is 28.4 Å². The van der Waals surface area contributed by atoms with E-state index in [1.807, 2.05) is 30.3 Å². The van der Waals surface area contributed by atoms with Crippen LogP contribution in [0.25, 0.3) is 11.0 Å². The Hall–Kier alpha value is -3.00. The first-order chi connectivity index (χ1) is 11.2. The number of aromatic nitrogens is 2. The summed E-state index contributed by atoms with van der Waals surface area (Å²) in [6.45, 7) is -0.0986. The maximum Gasteiger partial charge on any atom is 0.300 e. The van der Waals surface area contributed by atoms with Crippen molar-refractivity contribution in [2.75, 3.05) is 11.9 Å². The number of anilines is 1. The van der Waals surface area contributed by atoms with Crippen molar-refractivity contribution in [3.8, 4) is 0 Å². The van der Waals surface area contributed by atoms with Crippen LogP contribution in [0.4, 0.5) is 11.4 Å². The first-order valence-electron chi connectivity index (χ1n) is 7.00. The SMILES string of the molecule is O=[N+]([O-])c1ccc(N[C@H](CO)Cc2ccccc2)c2nonc12. The van der Waals surface area contributed by atoms with E-state index in [0.29, 0.717) is 12.1 Å². The molecule has 2 N–H and O–H groups in total. The second-order valence-electron chi connectivity index (χ2n) is 5.06. The quantitative estimate of drug-likeness (QED) is 0.529. The summed E-state index contributed by atoms with van der Waals surface area (Å²) in [5, 5.41) is 31.0. The van der Waals surface area contributed by atoms with Crippen LogP contribution < -0.4 is 5.32 Å². The molecular weight excluding hydrogens is 300 g/mol. The van der Waals surface area contributed by atoms with Crippen molar-refractivity contribution in [2.45, 2.75) is 12.5 Å². The molecule has 3 rings (SSSR count). The van der Waals surface area contributed by atoms with Crippen LogP contribution in [-0.4, -0.2) is 33.0 Å². The van der Waals surface area contributed by atoms with Gasteiger partial charge in [0.1, 0.15) is 0 Å². The van der Waals surface area contributed by atoms with Crippen LogP contribution in [0.3, 0.4) is 0 Å². The van der Waals surface area contributed by atoms with Crippen molar-refractivity contribution < 1.29 is 14.7 Å². The van der Waals surface area contributed by atoms with Crippen LogP contribution in [0.1, 0.15) is 5.56 Å². The lowest BCUT2D eigenvalue weighted by atomic mass is 10.1. The van der Waals surface area contributed by atoms with E-state index in [2.05, 4.69) is 20.3 Å². The highest BCUT2D eigenvalue weighted by atomic mass is 16.6.